The number of rotatable bonds is 5. The highest BCUT2D eigenvalue weighted by Crippen LogP contribution is 2.15. The summed E-state index contributed by atoms with van der Waals surface area (Å²) in [7, 11) is 0. The van der Waals surface area contributed by atoms with E-state index in [4.69, 9.17) is 0 Å². The van der Waals surface area contributed by atoms with E-state index in [1.807, 2.05) is 44.2 Å². The number of hydrogen-bond acceptors (Lipinski definition) is 2. The van der Waals surface area contributed by atoms with Gasteiger partial charge < -0.3 is 5.32 Å². The molecule has 0 aromatic heterocycles. The van der Waals surface area contributed by atoms with Crippen LogP contribution in [-0.2, 0) is 4.79 Å². The maximum atomic E-state index is 12.0. The van der Waals surface area contributed by atoms with Crippen molar-refractivity contribution in [2.24, 2.45) is 0 Å². The van der Waals surface area contributed by atoms with Gasteiger partial charge in [-0.3, -0.25) is 9.59 Å². The summed E-state index contributed by atoms with van der Waals surface area (Å²) < 4.78 is 0.927. The smallest absolute Gasteiger partial charge is 0.224 e. The molecule has 0 bridgehead atoms. The van der Waals surface area contributed by atoms with Gasteiger partial charge in [-0.1, -0.05) is 34.1 Å². The molecule has 0 saturated carbocycles. The molecule has 0 radical (unpaired) electrons. The number of anilines is 1. The van der Waals surface area contributed by atoms with Gasteiger partial charge in [0.05, 0.1) is 0 Å². The summed E-state index contributed by atoms with van der Waals surface area (Å²) in [5.41, 5.74) is 3.71. The quantitative estimate of drug-likeness (QED) is 0.788. The van der Waals surface area contributed by atoms with Gasteiger partial charge in [-0.05, 0) is 49.2 Å². The molecule has 0 aliphatic carbocycles. The Labute approximate surface area is 138 Å². The summed E-state index contributed by atoms with van der Waals surface area (Å²) in [6, 6.07) is 12.9. The number of nitrogens with one attached hydrogen (secondary N) is 1. The normalized spacial score (nSPS) is 10.3. The van der Waals surface area contributed by atoms with Crippen LogP contribution in [0.3, 0.4) is 0 Å². The van der Waals surface area contributed by atoms with Gasteiger partial charge in [-0.2, -0.15) is 0 Å². The van der Waals surface area contributed by atoms with Crippen molar-refractivity contribution in [1.29, 1.82) is 0 Å². The molecule has 0 unspecified atom stereocenters. The predicted molar refractivity (Wildman–Crippen MR) is 92.3 cm³/mol. The molecule has 114 valence electrons. The number of aryl methyl sites for hydroxylation is 2. The minimum absolute atomic E-state index is 0.0252. The molecule has 2 aromatic carbocycles. The highest BCUT2D eigenvalue weighted by atomic mass is 79.9. The zero-order valence-corrected chi connectivity index (χ0v) is 14.2. The van der Waals surface area contributed by atoms with Gasteiger partial charge in [0.15, 0.2) is 5.78 Å². The Hall–Kier alpha value is -1.94. The first-order chi connectivity index (χ1) is 10.5. The van der Waals surface area contributed by atoms with E-state index in [9.17, 15) is 9.59 Å². The minimum Gasteiger partial charge on any atom is -0.326 e. The van der Waals surface area contributed by atoms with Crippen LogP contribution >= 0.6 is 15.9 Å². The lowest BCUT2D eigenvalue weighted by molar-refractivity contribution is -0.116. The van der Waals surface area contributed by atoms with Crippen molar-refractivity contribution in [3.8, 4) is 0 Å². The second-order valence-electron chi connectivity index (χ2n) is 5.28. The van der Waals surface area contributed by atoms with Crippen molar-refractivity contribution in [2.45, 2.75) is 26.7 Å². The van der Waals surface area contributed by atoms with Crippen molar-refractivity contribution < 1.29 is 9.59 Å². The van der Waals surface area contributed by atoms with Gasteiger partial charge in [0.25, 0.3) is 0 Å². The SMILES string of the molecule is Cc1ccc(NC(=O)CCC(=O)c2ccc(Br)cc2)cc1C. The Morgan fingerprint density at radius 1 is 0.955 bits per heavy atom. The fourth-order valence-corrected chi connectivity index (χ4v) is 2.31. The summed E-state index contributed by atoms with van der Waals surface area (Å²) in [5.74, 6) is -0.170. The maximum absolute atomic E-state index is 12.0. The fraction of sp³-hybridized carbons (Fsp3) is 0.222. The first-order valence-electron chi connectivity index (χ1n) is 7.11. The number of hydrogen-bond donors (Lipinski definition) is 1. The van der Waals surface area contributed by atoms with E-state index in [1.165, 1.54) is 5.56 Å². The lowest BCUT2D eigenvalue weighted by Crippen LogP contribution is -2.13. The van der Waals surface area contributed by atoms with E-state index in [1.54, 1.807) is 12.1 Å². The number of carbonyl (C=O) groups excluding carboxylic acids is 2. The first kappa shape index (κ1) is 16.4. The van der Waals surface area contributed by atoms with E-state index >= 15 is 0 Å². The largest absolute Gasteiger partial charge is 0.326 e. The Balaban J connectivity index is 1.88. The Morgan fingerprint density at radius 3 is 2.27 bits per heavy atom. The average molecular weight is 360 g/mol. The van der Waals surface area contributed by atoms with E-state index in [0.717, 1.165) is 15.7 Å². The summed E-state index contributed by atoms with van der Waals surface area (Å²) in [4.78, 5) is 23.9. The standard InChI is InChI=1S/C18H18BrNO2/c1-12-3-8-16(11-13(12)2)20-18(22)10-9-17(21)14-4-6-15(19)7-5-14/h3-8,11H,9-10H2,1-2H3,(H,20,22). The number of amides is 1. The number of halogens is 1. The second kappa shape index (κ2) is 7.36. The number of benzene rings is 2. The highest BCUT2D eigenvalue weighted by Gasteiger charge is 2.10. The van der Waals surface area contributed by atoms with Gasteiger partial charge in [0.2, 0.25) is 5.91 Å². The number of Topliss-reactive ketones (excluding diaryl/α,β-unsaturated/α-hetero) is 1. The van der Waals surface area contributed by atoms with E-state index in [0.29, 0.717) is 5.56 Å². The summed E-state index contributed by atoms with van der Waals surface area (Å²) >= 11 is 3.33. The molecule has 0 saturated heterocycles. The van der Waals surface area contributed by atoms with Crippen LogP contribution in [0.1, 0.15) is 34.3 Å². The van der Waals surface area contributed by atoms with Gasteiger partial charge in [-0.25, -0.2) is 0 Å². The first-order valence-corrected chi connectivity index (χ1v) is 7.91. The monoisotopic (exact) mass is 359 g/mol. The third-order valence-electron chi connectivity index (χ3n) is 3.54. The third-order valence-corrected chi connectivity index (χ3v) is 4.06. The molecule has 0 atom stereocenters. The van der Waals surface area contributed by atoms with Crippen molar-refractivity contribution >= 4 is 33.3 Å². The zero-order valence-electron chi connectivity index (χ0n) is 12.7. The van der Waals surface area contributed by atoms with Crippen molar-refractivity contribution in [3.63, 3.8) is 0 Å². The van der Waals surface area contributed by atoms with E-state index < -0.39 is 0 Å². The molecule has 2 rings (SSSR count). The molecule has 0 aliphatic rings. The predicted octanol–water partition coefficient (Wildman–Crippen LogP) is 4.67. The van der Waals surface area contributed by atoms with Crippen LogP contribution in [0.2, 0.25) is 0 Å². The molecule has 0 heterocycles. The van der Waals surface area contributed by atoms with Crippen molar-refractivity contribution in [2.75, 3.05) is 5.32 Å². The molecule has 1 N–H and O–H groups in total. The zero-order chi connectivity index (χ0) is 16.1. The molecule has 22 heavy (non-hydrogen) atoms. The number of ketones is 1. The third kappa shape index (κ3) is 4.53. The lowest BCUT2D eigenvalue weighted by atomic mass is 10.1. The van der Waals surface area contributed by atoms with E-state index in [2.05, 4.69) is 21.2 Å². The topological polar surface area (TPSA) is 46.2 Å². The van der Waals surface area contributed by atoms with Crippen molar-refractivity contribution in [1.82, 2.24) is 0 Å². The molecule has 0 spiro atoms. The summed E-state index contributed by atoms with van der Waals surface area (Å²) in [6.07, 6.45) is 0.389. The average Bonchev–Trinajstić information content (AvgIpc) is 2.49. The molecule has 2 aromatic rings. The summed E-state index contributed by atoms with van der Waals surface area (Å²) in [5, 5.41) is 2.83. The van der Waals surface area contributed by atoms with E-state index in [-0.39, 0.29) is 24.5 Å². The molecule has 0 aliphatic heterocycles. The molecule has 4 heteroatoms. The van der Waals surface area contributed by atoms with Crippen LogP contribution in [-0.4, -0.2) is 11.7 Å². The van der Waals surface area contributed by atoms with Crippen LogP contribution in [0.25, 0.3) is 0 Å². The Kier molecular flexibility index (Phi) is 5.50. The second-order valence-corrected chi connectivity index (χ2v) is 6.19. The highest BCUT2D eigenvalue weighted by molar-refractivity contribution is 9.10. The van der Waals surface area contributed by atoms with Gasteiger partial charge in [-0.15, -0.1) is 0 Å². The van der Waals surface area contributed by atoms with Crippen LogP contribution in [0.5, 0.6) is 0 Å². The Bertz CT molecular complexity index is 693. The number of carbonyl (C=O) groups is 2. The summed E-state index contributed by atoms with van der Waals surface area (Å²) in [6.45, 7) is 4.03. The molecule has 0 fully saturated rings. The maximum Gasteiger partial charge on any atom is 0.224 e. The van der Waals surface area contributed by atoms with Crippen molar-refractivity contribution in [3.05, 3.63) is 63.6 Å². The van der Waals surface area contributed by atoms with Gasteiger partial charge >= 0.3 is 0 Å². The molecular weight excluding hydrogens is 342 g/mol. The Morgan fingerprint density at radius 2 is 1.64 bits per heavy atom. The van der Waals surface area contributed by atoms with Crippen LogP contribution in [0, 0.1) is 13.8 Å². The van der Waals surface area contributed by atoms with Crippen LogP contribution < -0.4 is 5.32 Å². The molecule has 1 amide bonds. The van der Waals surface area contributed by atoms with Gasteiger partial charge in [0, 0.05) is 28.6 Å². The fourth-order valence-electron chi connectivity index (χ4n) is 2.05. The molecular formula is C18H18BrNO2. The van der Waals surface area contributed by atoms with Gasteiger partial charge in [0.1, 0.15) is 0 Å². The van der Waals surface area contributed by atoms with Crippen LogP contribution in [0.4, 0.5) is 5.69 Å². The minimum atomic E-state index is -0.145. The lowest BCUT2D eigenvalue weighted by Gasteiger charge is -2.07. The van der Waals surface area contributed by atoms with Crippen LogP contribution in [0.15, 0.2) is 46.9 Å². The molecule has 3 nitrogen and oxygen atoms in total.